The maximum Gasteiger partial charge on any atom is 0.193 e. The van der Waals surface area contributed by atoms with Gasteiger partial charge in [0.05, 0.1) is 12.2 Å². The van der Waals surface area contributed by atoms with Crippen molar-refractivity contribution in [2.75, 3.05) is 6.61 Å². The molecule has 4 fully saturated rings. The number of ether oxygens (including phenoxy) is 2. The monoisotopic (exact) mass is 464 g/mol. The Balaban J connectivity index is 0.000000821. The van der Waals surface area contributed by atoms with E-state index in [-0.39, 0.29) is 12.3 Å². The van der Waals surface area contributed by atoms with Crippen LogP contribution in [0.3, 0.4) is 0 Å². The van der Waals surface area contributed by atoms with Crippen LogP contribution in [0, 0.1) is 22.7 Å². The van der Waals surface area contributed by atoms with Crippen LogP contribution in [0.2, 0.25) is 0 Å². The van der Waals surface area contributed by atoms with Gasteiger partial charge in [0.25, 0.3) is 0 Å². The number of aliphatic hydroxyl groups excluding tert-OH is 2. The summed E-state index contributed by atoms with van der Waals surface area (Å²) in [7, 11) is 0. The van der Waals surface area contributed by atoms with Crippen molar-refractivity contribution in [2.45, 2.75) is 109 Å². The normalized spacial score (nSPS) is 49.1. The van der Waals surface area contributed by atoms with Gasteiger partial charge in [0, 0.05) is 16.7 Å². The Hall–Kier alpha value is -1.08. The molecule has 8 atom stereocenters. The number of aliphatic hydroxyl groups is 2. The van der Waals surface area contributed by atoms with Crippen LogP contribution in [-0.4, -0.2) is 51.9 Å². The van der Waals surface area contributed by atoms with Gasteiger partial charge >= 0.3 is 0 Å². The SMILES string of the molecule is CC1(C)O[C@@H]2C[C@H]3[C@@H]4CCC5=CC=CC[C@]5(C)[C@@]4(F)[C@@H](O)C[C@]3(C)[C@]2(C(=O)CO)O1.CCC. The van der Waals surface area contributed by atoms with E-state index in [1.165, 1.54) is 6.42 Å². The highest BCUT2D eigenvalue weighted by molar-refractivity contribution is 5.91. The molecule has 5 rings (SSSR count). The summed E-state index contributed by atoms with van der Waals surface area (Å²) in [6, 6.07) is 0. The van der Waals surface area contributed by atoms with E-state index in [0.29, 0.717) is 19.3 Å². The number of Topliss-reactive ketones (excluding diaryl/α,β-unsaturated/α-hetero) is 1. The molecule has 1 saturated heterocycles. The quantitative estimate of drug-likeness (QED) is 0.622. The van der Waals surface area contributed by atoms with Crippen molar-refractivity contribution in [3.05, 3.63) is 23.8 Å². The average Bonchev–Trinajstić information content (AvgIpc) is 3.15. The minimum absolute atomic E-state index is 0.110. The molecule has 186 valence electrons. The van der Waals surface area contributed by atoms with Gasteiger partial charge < -0.3 is 19.7 Å². The zero-order chi connectivity index (χ0) is 24.4. The molecule has 6 heteroatoms. The Bertz CT molecular complexity index is 867. The van der Waals surface area contributed by atoms with Gasteiger partial charge in [0.1, 0.15) is 12.3 Å². The number of hydrogen-bond donors (Lipinski definition) is 2. The molecule has 5 aliphatic rings. The van der Waals surface area contributed by atoms with Crippen molar-refractivity contribution in [3.8, 4) is 0 Å². The summed E-state index contributed by atoms with van der Waals surface area (Å²) in [4.78, 5) is 13.2. The number of allylic oxidation sites excluding steroid dienone is 4. The zero-order valence-corrected chi connectivity index (χ0v) is 21.0. The second-order valence-corrected chi connectivity index (χ2v) is 11.7. The molecular weight excluding hydrogens is 423 g/mol. The van der Waals surface area contributed by atoms with Crippen LogP contribution in [0.1, 0.15) is 80.1 Å². The van der Waals surface area contributed by atoms with Gasteiger partial charge in [-0.2, -0.15) is 0 Å². The summed E-state index contributed by atoms with van der Waals surface area (Å²) in [6.07, 6.45) is 8.05. The molecule has 1 heterocycles. The van der Waals surface area contributed by atoms with Gasteiger partial charge in [-0.05, 0) is 51.9 Å². The topological polar surface area (TPSA) is 76.0 Å². The summed E-state index contributed by atoms with van der Waals surface area (Å²) in [5, 5.41) is 21.2. The highest BCUT2D eigenvalue weighted by atomic mass is 19.1. The van der Waals surface area contributed by atoms with Crippen molar-refractivity contribution < 1.29 is 28.9 Å². The van der Waals surface area contributed by atoms with Crippen molar-refractivity contribution in [1.29, 1.82) is 0 Å². The fourth-order valence-corrected chi connectivity index (χ4v) is 8.11. The predicted molar refractivity (Wildman–Crippen MR) is 124 cm³/mol. The maximum atomic E-state index is 17.1. The Morgan fingerprint density at radius 3 is 2.52 bits per heavy atom. The average molecular weight is 465 g/mol. The van der Waals surface area contributed by atoms with Gasteiger partial charge in [0.2, 0.25) is 0 Å². The Kier molecular flexibility index (Phi) is 6.05. The van der Waals surface area contributed by atoms with Crippen molar-refractivity contribution in [1.82, 2.24) is 0 Å². The number of carbonyl (C=O) groups is 1. The number of carbonyl (C=O) groups excluding carboxylic acids is 1. The molecule has 4 aliphatic carbocycles. The first kappa shape index (κ1) is 25.0. The van der Waals surface area contributed by atoms with Gasteiger partial charge in [-0.3, -0.25) is 4.79 Å². The first-order valence-corrected chi connectivity index (χ1v) is 12.6. The molecular formula is C27H41FO5. The standard InChI is InChI=1S/C24H33FO5.C3H8/c1-20(2)29-19-11-16-15-9-8-14-7-5-6-10-21(14,3)23(15,25)17(27)12-22(16,4)24(19,30-20)18(28)13-26;1-3-2/h5-7,15-17,19,26-27H,8-13H2,1-4H3;3H2,1-2H3/t15-,16-,17-,19+,21-,22-,23-,24+;/m0./s1. The maximum absolute atomic E-state index is 17.1. The number of ketones is 1. The lowest BCUT2D eigenvalue weighted by atomic mass is 9.44. The molecule has 1 aliphatic heterocycles. The van der Waals surface area contributed by atoms with E-state index in [1.807, 2.05) is 32.1 Å². The second kappa shape index (κ2) is 7.97. The molecule has 0 spiro atoms. The molecule has 2 N–H and O–H groups in total. The number of fused-ring (bicyclic) bond motifs is 7. The molecule has 0 unspecified atom stereocenters. The highest BCUT2D eigenvalue weighted by Crippen LogP contribution is 2.72. The zero-order valence-electron chi connectivity index (χ0n) is 21.0. The lowest BCUT2D eigenvalue weighted by Gasteiger charge is -2.63. The van der Waals surface area contributed by atoms with Crippen LogP contribution < -0.4 is 0 Å². The number of alkyl halides is 1. The van der Waals surface area contributed by atoms with Crippen molar-refractivity contribution in [2.24, 2.45) is 22.7 Å². The van der Waals surface area contributed by atoms with Gasteiger partial charge in [0.15, 0.2) is 17.2 Å². The molecule has 0 aromatic carbocycles. The van der Waals surface area contributed by atoms with Crippen LogP contribution in [0.4, 0.5) is 4.39 Å². The minimum atomic E-state index is -1.77. The van der Waals surface area contributed by atoms with E-state index in [4.69, 9.17) is 9.47 Å². The third kappa shape index (κ3) is 3.06. The summed E-state index contributed by atoms with van der Waals surface area (Å²) >= 11 is 0. The molecule has 0 radical (unpaired) electrons. The molecule has 0 aromatic heterocycles. The largest absolute Gasteiger partial charge is 0.390 e. The van der Waals surface area contributed by atoms with E-state index < -0.39 is 58.4 Å². The Morgan fingerprint density at radius 1 is 1.21 bits per heavy atom. The third-order valence-electron chi connectivity index (χ3n) is 9.35. The molecule has 3 saturated carbocycles. The predicted octanol–water partition coefficient (Wildman–Crippen LogP) is 4.66. The van der Waals surface area contributed by atoms with Crippen LogP contribution in [-0.2, 0) is 14.3 Å². The minimum Gasteiger partial charge on any atom is -0.390 e. The molecule has 0 bridgehead atoms. The van der Waals surface area contributed by atoms with Crippen LogP contribution >= 0.6 is 0 Å². The number of hydrogen-bond acceptors (Lipinski definition) is 5. The third-order valence-corrected chi connectivity index (χ3v) is 9.35. The summed E-state index contributed by atoms with van der Waals surface area (Å²) in [6.45, 7) is 11.0. The van der Waals surface area contributed by atoms with E-state index in [9.17, 15) is 15.0 Å². The summed E-state index contributed by atoms with van der Waals surface area (Å²) in [5.74, 6) is -1.97. The fourth-order valence-electron chi connectivity index (χ4n) is 8.11. The molecule has 5 nitrogen and oxygen atoms in total. The fraction of sp³-hybridized carbons (Fsp3) is 0.815. The van der Waals surface area contributed by atoms with E-state index in [0.717, 1.165) is 12.0 Å². The van der Waals surface area contributed by atoms with Crippen LogP contribution in [0.25, 0.3) is 0 Å². The number of rotatable bonds is 2. The first-order valence-electron chi connectivity index (χ1n) is 12.6. The second-order valence-electron chi connectivity index (χ2n) is 11.7. The first-order chi connectivity index (χ1) is 15.4. The van der Waals surface area contributed by atoms with Crippen molar-refractivity contribution in [3.63, 3.8) is 0 Å². The van der Waals surface area contributed by atoms with E-state index in [1.54, 1.807) is 13.8 Å². The van der Waals surface area contributed by atoms with E-state index >= 15 is 4.39 Å². The van der Waals surface area contributed by atoms with Gasteiger partial charge in [-0.1, -0.05) is 57.9 Å². The lowest BCUT2D eigenvalue weighted by Crippen LogP contribution is -2.70. The molecule has 0 amide bonds. The Labute approximate surface area is 197 Å². The van der Waals surface area contributed by atoms with Crippen LogP contribution in [0.15, 0.2) is 23.8 Å². The molecule has 33 heavy (non-hydrogen) atoms. The van der Waals surface area contributed by atoms with E-state index in [2.05, 4.69) is 13.8 Å². The Morgan fingerprint density at radius 2 is 1.88 bits per heavy atom. The summed E-state index contributed by atoms with van der Waals surface area (Å²) in [5.41, 5.74) is -3.63. The summed E-state index contributed by atoms with van der Waals surface area (Å²) < 4.78 is 29.6. The smallest absolute Gasteiger partial charge is 0.193 e. The van der Waals surface area contributed by atoms with Crippen molar-refractivity contribution >= 4 is 5.78 Å². The highest BCUT2D eigenvalue weighted by Gasteiger charge is 2.79. The van der Waals surface area contributed by atoms with Gasteiger partial charge in [-0.15, -0.1) is 0 Å². The molecule has 0 aromatic rings. The number of halogens is 1. The van der Waals surface area contributed by atoms with Crippen LogP contribution in [0.5, 0.6) is 0 Å². The van der Waals surface area contributed by atoms with Gasteiger partial charge in [-0.25, -0.2) is 4.39 Å². The lowest BCUT2D eigenvalue weighted by molar-refractivity contribution is -0.250.